The quantitative estimate of drug-likeness (QED) is 0.705. The molecule has 2 rings (SSSR count). The zero-order valence-electron chi connectivity index (χ0n) is 8.92. The monoisotopic (exact) mass is 182 g/mol. The molecule has 2 nitrogen and oxygen atoms in total. The predicted octanol–water partition coefficient (Wildman–Crippen LogP) is 1.18. The van der Waals surface area contributed by atoms with Crippen molar-refractivity contribution in [2.75, 3.05) is 33.7 Å². The van der Waals surface area contributed by atoms with Crippen molar-refractivity contribution in [3.05, 3.63) is 0 Å². The molecule has 2 atom stereocenters. The predicted molar refractivity (Wildman–Crippen MR) is 55.7 cm³/mol. The molecular weight excluding hydrogens is 160 g/mol. The van der Waals surface area contributed by atoms with Crippen LogP contribution < -0.4 is 5.32 Å². The summed E-state index contributed by atoms with van der Waals surface area (Å²) in [5, 5.41) is 3.30. The number of hydrogen-bond donors (Lipinski definition) is 1. The molecule has 1 heterocycles. The number of nitrogens with one attached hydrogen (secondary N) is 1. The molecule has 2 heteroatoms. The maximum atomic E-state index is 3.30. The highest BCUT2D eigenvalue weighted by Gasteiger charge is 2.42. The molecule has 76 valence electrons. The Bertz CT molecular complexity index is 161. The summed E-state index contributed by atoms with van der Waals surface area (Å²) in [5.74, 6) is 3.13. The maximum absolute atomic E-state index is 3.30. The van der Waals surface area contributed by atoms with Crippen LogP contribution in [-0.2, 0) is 0 Å². The summed E-state index contributed by atoms with van der Waals surface area (Å²) < 4.78 is 0. The number of rotatable bonds is 3. The first-order valence-corrected chi connectivity index (χ1v) is 5.64. The molecule has 2 unspecified atom stereocenters. The zero-order valence-corrected chi connectivity index (χ0v) is 8.92. The van der Waals surface area contributed by atoms with Gasteiger partial charge in [-0.25, -0.2) is 0 Å². The smallest absolute Gasteiger partial charge is 0.00190 e. The third kappa shape index (κ3) is 2.23. The van der Waals surface area contributed by atoms with Crippen LogP contribution in [0.25, 0.3) is 0 Å². The van der Waals surface area contributed by atoms with Crippen LogP contribution in [0.2, 0.25) is 0 Å². The molecule has 0 aromatic heterocycles. The van der Waals surface area contributed by atoms with E-state index < -0.39 is 0 Å². The SMILES string of the molecule is CNCC1CC1C1CCN(C)CC1. The molecular formula is C11H22N2. The fraction of sp³-hybridized carbons (Fsp3) is 1.00. The molecule has 0 aromatic rings. The van der Waals surface area contributed by atoms with Gasteiger partial charge in [0.15, 0.2) is 0 Å². The Hall–Kier alpha value is -0.0800. The van der Waals surface area contributed by atoms with E-state index in [0.717, 1.165) is 17.8 Å². The van der Waals surface area contributed by atoms with Gasteiger partial charge in [-0.15, -0.1) is 0 Å². The van der Waals surface area contributed by atoms with Crippen molar-refractivity contribution < 1.29 is 0 Å². The topological polar surface area (TPSA) is 15.3 Å². The largest absolute Gasteiger partial charge is 0.319 e. The van der Waals surface area contributed by atoms with E-state index in [4.69, 9.17) is 0 Å². The van der Waals surface area contributed by atoms with Crippen molar-refractivity contribution >= 4 is 0 Å². The molecule has 0 aromatic carbocycles. The number of nitrogens with zero attached hydrogens (tertiary/aromatic N) is 1. The Labute approximate surface area is 81.7 Å². The Kier molecular flexibility index (Phi) is 2.89. The summed E-state index contributed by atoms with van der Waals surface area (Å²) in [4.78, 5) is 2.46. The average Bonchev–Trinajstić information content (AvgIpc) is 2.86. The highest BCUT2D eigenvalue weighted by Crippen LogP contribution is 2.47. The summed E-state index contributed by atoms with van der Waals surface area (Å²) in [5.41, 5.74) is 0. The number of likely N-dealkylation sites (tertiary alicyclic amines) is 1. The second kappa shape index (κ2) is 3.97. The zero-order chi connectivity index (χ0) is 9.26. The van der Waals surface area contributed by atoms with Gasteiger partial charge in [0.25, 0.3) is 0 Å². The first-order valence-electron chi connectivity index (χ1n) is 5.64. The third-order valence-corrected chi connectivity index (χ3v) is 3.81. The first-order chi connectivity index (χ1) is 6.31. The van der Waals surface area contributed by atoms with Gasteiger partial charge in [-0.3, -0.25) is 0 Å². The Morgan fingerprint density at radius 1 is 1.31 bits per heavy atom. The fourth-order valence-electron chi connectivity index (χ4n) is 2.80. The number of hydrogen-bond acceptors (Lipinski definition) is 2. The van der Waals surface area contributed by atoms with Crippen LogP contribution in [0.15, 0.2) is 0 Å². The second-order valence-corrected chi connectivity index (χ2v) is 4.86. The molecule has 1 aliphatic carbocycles. The van der Waals surface area contributed by atoms with Gasteiger partial charge in [0.2, 0.25) is 0 Å². The van der Waals surface area contributed by atoms with Crippen LogP contribution in [-0.4, -0.2) is 38.6 Å². The van der Waals surface area contributed by atoms with Crippen molar-refractivity contribution in [1.29, 1.82) is 0 Å². The van der Waals surface area contributed by atoms with E-state index in [2.05, 4.69) is 24.3 Å². The minimum atomic E-state index is 1.01. The average molecular weight is 182 g/mol. The molecule has 13 heavy (non-hydrogen) atoms. The fourth-order valence-corrected chi connectivity index (χ4v) is 2.80. The van der Waals surface area contributed by atoms with Gasteiger partial charge >= 0.3 is 0 Å². The first kappa shape index (κ1) is 9.47. The number of piperidine rings is 1. The molecule has 2 fully saturated rings. The van der Waals surface area contributed by atoms with Crippen LogP contribution >= 0.6 is 0 Å². The molecule has 0 spiro atoms. The summed E-state index contributed by atoms with van der Waals surface area (Å²) in [7, 11) is 4.32. The molecule has 1 aliphatic heterocycles. The lowest BCUT2D eigenvalue weighted by Crippen LogP contribution is -2.31. The van der Waals surface area contributed by atoms with Gasteiger partial charge in [-0.05, 0) is 70.7 Å². The lowest BCUT2D eigenvalue weighted by molar-refractivity contribution is 0.199. The summed E-state index contributed by atoms with van der Waals surface area (Å²) >= 11 is 0. The molecule has 1 saturated carbocycles. The van der Waals surface area contributed by atoms with Crippen LogP contribution in [0.5, 0.6) is 0 Å². The van der Waals surface area contributed by atoms with Crippen LogP contribution in [0.3, 0.4) is 0 Å². The van der Waals surface area contributed by atoms with Gasteiger partial charge in [0.05, 0.1) is 0 Å². The van der Waals surface area contributed by atoms with Crippen molar-refractivity contribution in [3.8, 4) is 0 Å². The molecule has 0 radical (unpaired) electrons. The Morgan fingerprint density at radius 3 is 2.62 bits per heavy atom. The van der Waals surface area contributed by atoms with Gasteiger partial charge in [0, 0.05) is 0 Å². The minimum absolute atomic E-state index is 1.01. The summed E-state index contributed by atoms with van der Waals surface area (Å²) in [6.07, 6.45) is 4.39. The van der Waals surface area contributed by atoms with Crippen LogP contribution in [0.4, 0.5) is 0 Å². The van der Waals surface area contributed by atoms with Gasteiger partial charge < -0.3 is 10.2 Å². The Balaban J connectivity index is 1.71. The third-order valence-electron chi connectivity index (χ3n) is 3.81. The maximum Gasteiger partial charge on any atom is -0.00190 e. The van der Waals surface area contributed by atoms with Crippen molar-refractivity contribution in [2.45, 2.75) is 19.3 Å². The standard InChI is InChI=1S/C11H22N2/c1-12-8-10-7-11(10)9-3-5-13(2)6-4-9/h9-12H,3-8H2,1-2H3. The molecule has 1 N–H and O–H groups in total. The van der Waals surface area contributed by atoms with Crippen LogP contribution in [0.1, 0.15) is 19.3 Å². The molecule has 1 saturated heterocycles. The van der Waals surface area contributed by atoms with E-state index in [1.165, 1.54) is 38.9 Å². The van der Waals surface area contributed by atoms with Gasteiger partial charge in [-0.2, -0.15) is 0 Å². The Morgan fingerprint density at radius 2 is 2.00 bits per heavy atom. The van der Waals surface area contributed by atoms with Crippen molar-refractivity contribution in [3.63, 3.8) is 0 Å². The van der Waals surface area contributed by atoms with Gasteiger partial charge in [-0.1, -0.05) is 0 Å². The van der Waals surface area contributed by atoms with Crippen molar-refractivity contribution in [1.82, 2.24) is 10.2 Å². The molecule has 2 aliphatic rings. The molecule has 0 bridgehead atoms. The lowest BCUT2D eigenvalue weighted by atomic mass is 9.91. The van der Waals surface area contributed by atoms with E-state index in [1.807, 2.05) is 0 Å². The lowest BCUT2D eigenvalue weighted by Gasteiger charge is -2.29. The van der Waals surface area contributed by atoms with E-state index >= 15 is 0 Å². The van der Waals surface area contributed by atoms with Gasteiger partial charge in [0.1, 0.15) is 0 Å². The van der Waals surface area contributed by atoms with E-state index in [0.29, 0.717) is 0 Å². The highest BCUT2D eigenvalue weighted by atomic mass is 15.1. The second-order valence-electron chi connectivity index (χ2n) is 4.86. The van der Waals surface area contributed by atoms with E-state index in [9.17, 15) is 0 Å². The normalized spacial score (nSPS) is 36.5. The van der Waals surface area contributed by atoms with Crippen molar-refractivity contribution in [2.24, 2.45) is 17.8 Å². The minimum Gasteiger partial charge on any atom is -0.319 e. The summed E-state index contributed by atoms with van der Waals surface area (Å²) in [6.45, 7) is 3.90. The summed E-state index contributed by atoms with van der Waals surface area (Å²) in [6, 6.07) is 0. The van der Waals surface area contributed by atoms with E-state index in [-0.39, 0.29) is 0 Å². The van der Waals surface area contributed by atoms with Crippen LogP contribution in [0, 0.1) is 17.8 Å². The van der Waals surface area contributed by atoms with E-state index in [1.54, 1.807) is 0 Å². The highest BCUT2D eigenvalue weighted by molar-refractivity contribution is 4.93. The molecule has 0 amide bonds.